The minimum atomic E-state index is -0.282. The number of aromatic nitrogens is 2. The molecule has 0 amide bonds. The average molecular weight is 213 g/mol. The van der Waals surface area contributed by atoms with E-state index in [0.29, 0.717) is 24.7 Å². The van der Waals surface area contributed by atoms with Crippen LogP contribution < -0.4 is 5.73 Å². The Labute approximate surface area is 90.0 Å². The largest absolute Gasteiger partial charge is 0.378 e. The molecule has 0 aliphatic heterocycles. The van der Waals surface area contributed by atoms with Gasteiger partial charge >= 0.3 is 0 Å². The zero-order valence-electron chi connectivity index (χ0n) is 9.78. The molecule has 0 radical (unpaired) electrons. The molecule has 0 saturated carbocycles. The summed E-state index contributed by atoms with van der Waals surface area (Å²) < 4.78 is 10.4. The van der Waals surface area contributed by atoms with E-state index in [4.69, 9.17) is 15.0 Å². The molecule has 1 aromatic rings. The number of ether oxygens (including phenoxy) is 1. The van der Waals surface area contributed by atoms with E-state index in [1.54, 1.807) is 7.11 Å². The molecule has 1 atom stereocenters. The van der Waals surface area contributed by atoms with Gasteiger partial charge in [-0.2, -0.15) is 4.98 Å². The van der Waals surface area contributed by atoms with Crippen molar-refractivity contribution < 1.29 is 9.26 Å². The van der Waals surface area contributed by atoms with E-state index >= 15 is 0 Å². The van der Waals surface area contributed by atoms with Gasteiger partial charge in [-0.1, -0.05) is 12.1 Å². The second-order valence-electron chi connectivity index (χ2n) is 4.32. The van der Waals surface area contributed by atoms with E-state index in [9.17, 15) is 0 Å². The number of nitrogens with two attached hydrogens (primary N) is 1. The minimum absolute atomic E-state index is 0.133. The Bertz CT molecular complexity index is 309. The normalized spacial score (nSPS) is 14.2. The Morgan fingerprint density at radius 1 is 1.53 bits per heavy atom. The van der Waals surface area contributed by atoms with Crippen LogP contribution in [0, 0.1) is 0 Å². The van der Waals surface area contributed by atoms with Gasteiger partial charge in [0.05, 0.1) is 12.0 Å². The first kappa shape index (κ1) is 12.1. The molecule has 1 aromatic heterocycles. The van der Waals surface area contributed by atoms with Crippen LogP contribution in [0.3, 0.4) is 0 Å². The van der Waals surface area contributed by atoms with Gasteiger partial charge < -0.3 is 15.0 Å². The molecular formula is C10H19N3O2. The van der Waals surface area contributed by atoms with Gasteiger partial charge in [-0.15, -0.1) is 0 Å². The lowest BCUT2D eigenvalue weighted by molar-refractivity contribution is 0.0170. The van der Waals surface area contributed by atoms with Gasteiger partial charge in [-0.3, -0.25) is 0 Å². The van der Waals surface area contributed by atoms with Gasteiger partial charge in [-0.25, -0.2) is 0 Å². The minimum Gasteiger partial charge on any atom is -0.378 e. The van der Waals surface area contributed by atoms with Crippen molar-refractivity contribution in [2.45, 2.75) is 38.7 Å². The summed E-state index contributed by atoms with van der Waals surface area (Å²) in [5.74, 6) is 1.39. The second-order valence-corrected chi connectivity index (χ2v) is 4.32. The maximum absolute atomic E-state index is 5.52. The van der Waals surface area contributed by atoms with E-state index in [1.165, 1.54) is 0 Å². The number of nitrogens with zero attached hydrogens (tertiary/aromatic N) is 2. The van der Waals surface area contributed by atoms with Crippen molar-refractivity contribution in [2.75, 3.05) is 13.7 Å². The average Bonchev–Trinajstić information content (AvgIpc) is 2.64. The lowest BCUT2D eigenvalue weighted by Gasteiger charge is -2.19. The fourth-order valence-corrected chi connectivity index (χ4v) is 1.08. The summed E-state index contributed by atoms with van der Waals surface area (Å²) in [6.45, 7) is 6.44. The lowest BCUT2D eigenvalue weighted by Crippen LogP contribution is -2.25. The van der Waals surface area contributed by atoms with Crippen LogP contribution in [-0.2, 0) is 11.2 Å². The quantitative estimate of drug-likeness (QED) is 0.792. The summed E-state index contributed by atoms with van der Waals surface area (Å²) in [5.41, 5.74) is 5.24. The number of methoxy groups -OCH3 is 1. The fourth-order valence-electron chi connectivity index (χ4n) is 1.08. The van der Waals surface area contributed by atoms with E-state index in [2.05, 4.69) is 10.1 Å². The molecular weight excluding hydrogens is 194 g/mol. The van der Waals surface area contributed by atoms with Crippen LogP contribution in [-0.4, -0.2) is 29.4 Å². The summed E-state index contributed by atoms with van der Waals surface area (Å²) >= 11 is 0. The third-order valence-corrected chi connectivity index (χ3v) is 2.41. The zero-order valence-corrected chi connectivity index (χ0v) is 9.78. The Balaban J connectivity index is 2.68. The van der Waals surface area contributed by atoms with Crippen molar-refractivity contribution in [2.24, 2.45) is 5.73 Å². The van der Waals surface area contributed by atoms with Gasteiger partial charge in [-0.05, 0) is 13.8 Å². The summed E-state index contributed by atoms with van der Waals surface area (Å²) in [5, 5.41) is 3.88. The first-order valence-corrected chi connectivity index (χ1v) is 5.06. The van der Waals surface area contributed by atoms with Crippen LogP contribution >= 0.6 is 0 Å². The molecule has 0 aromatic carbocycles. The highest BCUT2D eigenvalue weighted by Crippen LogP contribution is 2.16. The van der Waals surface area contributed by atoms with Gasteiger partial charge in [0.15, 0.2) is 5.82 Å². The molecule has 0 saturated heterocycles. The fraction of sp³-hybridized carbons (Fsp3) is 0.800. The first-order chi connectivity index (χ1) is 6.98. The number of hydrogen-bond acceptors (Lipinski definition) is 5. The van der Waals surface area contributed by atoms with Crippen molar-refractivity contribution in [1.29, 1.82) is 0 Å². The molecule has 86 valence electrons. The Morgan fingerprint density at radius 3 is 2.73 bits per heavy atom. The predicted octanol–water partition coefficient (Wildman–Crippen LogP) is 1.10. The molecule has 1 rings (SSSR count). The Morgan fingerprint density at radius 2 is 2.20 bits per heavy atom. The Kier molecular flexibility index (Phi) is 3.82. The SMILES string of the molecule is COC(C)(C)Cc1nc(C(C)CN)no1. The monoisotopic (exact) mass is 213 g/mol. The van der Waals surface area contributed by atoms with Crippen LogP contribution in [0.5, 0.6) is 0 Å². The van der Waals surface area contributed by atoms with Crippen molar-refractivity contribution in [3.63, 3.8) is 0 Å². The van der Waals surface area contributed by atoms with E-state index in [1.807, 2.05) is 20.8 Å². The van der Waals surface area contributed by atoms with Gasteiger partial charge in [0, 0.05) is 19.6 Å². The van der Waals surface area contributed by atoms with Gasteiger partial charge in [0.1, 0.15) is 0 Å². The molecule has 2 N–H and O–H groups in total. The smallest absolute Gasteiger partial charge is 0.229 e. The highest BCUT2D eigenvalue weighted by molar-refractivity contribution is 4.96. The maximum Gasteiger partial charge on any atom is 0.229 e. The van der Waals surface area contributed by atoms with Crippen molar-refractivity contribution >= 4 is 0 Å². The van der Waals surface area contributed by atoms with Crippen LogP contribution in [0.2, 0.25) is 0 Å². The molecule has 0 aliphatic carbocycles. The predicted molar refractivity (Wildman–Crippen MR) is 56.6 cm³/mol. The molecule has 5 heteroatoms. The molecule has 0 aliphatic rings. The van der Waals surface area contributed by atoms with Gasteiger partial charge in [0.2, 0.25) is 5.89 Å². The Hall–Kier alpha value is -0.940. The van der Waals surface area contributed by atoms with Crippen LogP contribution in [0.4, 0.5) is 0 Å². The highest BCUT2D eigenvalue weighted by atomic mass is 16.5. The lowest BCUT2D eigenvalue weighted by atomic mass is 10.1. The summed E-state index contributed by atoms with van der Waals surface area (Å²) in [4.78, 5) is 4.28. The highest BCUT2D eigenvalue weighted by Gasteiger charge is 2.22. The third kappa shape index (κ3) is 3.28. The molecule has 5 nitrogen and oxygen atoms in total. The number of rotatable bonds is 5. The molecule has 15 heavy (non-hydrogen) atoms. The number of hydrogen-bond donors (Lipinski definition) is 1. The summed E-state index contributed by atoms with van der Waals surface area (Å²) in [7, 11) is 1.67. The van der Waals surface area contributed by atoms with Crippen molar-refractivity contribution in [1.82, 2.24) is 10.1 Å². The third-order valence-electron chi connectivity index (χ3n) is 2.41. The first-order valence-electron chi connectivity index (χ1n) is 5.06. The second kappa shape index (κ2) is 4.72. The molecule has 0 fully saturated rings. The maximum atomic E-state index is 5.52. The van der Waals surface area contributed by atoms with Crippen LogP contribution in [0.25, 0.3) is 0 Å². The standard InChI is InChI=1S/C10H19N3O2/c1-7(6-11)9-12-8(15-13-9)5-10(2,3)14-4/h7H,5-6,11H2,1-4H3. The molecule has 1 heterocycles. The van der Waals surface area contributed by atoms with Gasteiger partial charge in [0.25, 0.3) is 0 Å². The zero-order chi connectivity index (χ0) is 11.5. The molecule has 0 bridgehead atoms. The van der Waals surface area contributed by atoms with Crippen LogP contribution in [0.1, 0.15) is 38.4 Å². The summed E-state index contributed by atoms with van der Waals surface area (Å²) in [6, 6.07) is 0. The van der Waals surface area contributed by atoms with E-state index < -0.39 is 0 Å². The van der Waals surface area contributed by atoms with Crippen molar-refractivity contribution in [3.8, 4) is 0 Å². The van der Waals surface area contributed by atoms with Crippen molar-refractivity contribution in [3.05, 3.63) is 11.7 Å². The molecule has 1 unspecified atom stereocenters. The van der Waals surface area contributed by atoms with Crippen LogP contribution in [0.15, 0.2) is 4.52 Å². The summed E-state index contributed by atoms with van der Waals surface area (Å²) in [6.07, 6.45) is 0.605. The van der Waals surface area contributed by atoms with E-state index in [0.717, 1.165) is 0 Å². The van der Waals surface area contributed by atoms with E-state index in [-0.39, 0.29) is 11.5 Å². The topological polar surface area (TPSA) is 74.2 Å². The molecule has 0 spiro atoms.